The number of nitrogens with zero attached hydrogens (tertiary/aromatic N) is 1. The lowest BCUT2D eigenvalue weighted by molar-refractivity contribution is 0.154. The van der Waals surface area contributed by atoms with Crippen LogP contribution in [0.1, 0.15) is 37.5 Å². The molecule has 96 valence electrons. The van der Waals surface area contributed by atoms with Crippen molar-refractivity contribution in [2.75, 3.05) is 20.1 Å². The minimum atomic E-state index is 0.881. The van der Waals surface area contributed by atoms with Crippen molar-refractivity contribution in [2.24, 2.45) is 5.92 Å². The second kappa shape index (κ2) is 6.22. The van der Waals surface area contributed by atoms with Gasteiger partial charge in [0.1, 0.15) is 5.76 Å². The Kier molecular flexibility index (Phi) is 4.63. The van der Waals surface area contributed by atoms with Gasteiger partial charge in [0.05, 0.1) is 12.8 Å². The van der Waals surface area contributed by atoms with Crippen molar-refractivity contribution in [3.63, 3.8) is 0 Å². The maximum atomic E-state index is 5.61. The van der Waals surface area contributed by atoms with Crippen LogP contribution in [0.3, 0.4) is 0 Å². The third-order valence-electron chi connectivity index (χ3n) is 3.75. The summed E-state index contributed by atoms with van der Waals surface area (Å²) in [5.41, 5.74) is 1.30. The van der Waals surface area contributed by atoms with E-state index in [1.807, 2.05) is 13.3 Å². The van der Waals surface area contributed by atoms with Gasteiger partial charge in [0.25, 0.3) is 0 Å². The molecule has 0 radical (unpaired) electrons. The van der Waals surface area contributed by atoms with Crippen molar-refractivity contribution in [2.45, 2.75) is 39.3 Å². The fourth-order valence-electron chi connectivity index (χ4n) is 2.68. The van der Waals surface area contributed by atoms with Gasteiger partial charge in [0, 0.05) is 18.7 Å². The molecule has 1 aromatic heterocycles. The molecule has 1 aliphatic rings. The highest BCUT2D eigenvalue weighted by atomic mass is 16.3. The quantitative estimate of drug-likeness (QED) is 0.852. The average Bonchev–Trinajstić information content (AvgIpc) is 2.78. The van der Waals surface area contributed by atoms with E-state index in [2.05, 4.69) is 23.2 Å². The highest BCUT2D eigenvalue weighted by Gasteiger charge is 2.20. The Morgan fingerprint density at radius 3 is 3.18 bits per heavy atom. The molecule has 1 fully saturated rings. The Morgan fingerprint density at radius 1 is 1.53 bits per heavy atom. The summed E-state index contributed by atoms with van der Waals surface area (Å²) in [7, 11) is 1.98. The zero-order valence-corrected chi connectivity index (χ0v) is 11.0. The molecular weight excluding hydrogens is 212 g/mol. The van der Waals surface area contributed by atoms with Gasteiger partial charge in [-0.1, -0.05) is 13.3 Å². The van der Waals surface area contributed by atoms with E-state index >= 15 is 0 Å². The molecule has 0 amide bonds. The van der Waals surface area contributed by atoms with Crippen LogP contribution in [0, 0.1) is 5.92 Å². The van der Waals surface area contributed by atoms with Crippen LogP contribution >= 0.6 is 0 Å². The van der Waals surface area contributed by atoms with Gasteiger partial charge in [0.15, 0.2) is 0 Å². The molecule has 0 bridgehead atoms. The first-order chi connectivity index (χ1) is 8.33. The van der Waals surface area contributed by atoms with Gasteiger partial charge in [0.2, 0.25) is 0 Å². The molecule has 1 unspecified atom stereocenters. The standard InChI is InChI=1S/C14H24N2O/c1-3-12-5-4-7-16(10-12)11-14-13(9-15-2)6-8-17-14/h6,8,12,15H,3-5,7,9-11H2,1-2H3. The maximum absolute atomic E-state index is 5.61. The van der Waals surface area contributed by atoms with E-state index in [0.717, 1.165) is 24.8 Å². The molecule has 1 saturated heterocycles. The topological polar surface area (TPSA) is 28.4 Å². The third-order valence-corrected chi connectivity index (χ3v) is 3.75. The second-order valence-corrected chi connectivity index (χ2v) is 5.05. The van der Waals surface area contributed by atoms with Gasteiger partial charge in [-0.05, 0) is 38.4 Å². The molecule has 3 nitrogen and oxygen atoms in total. The minimum absolute atomic E-state index is 0.881. The van der Waals surface area contributed by atoms with Crippen molar-refractivity contribution >= 4 is 0 Å². The summed E-state index contributed by atoms with van der Waals surface area (Å²) in [6.45, 7) is 6.62. The second-order valence-electron chi connectivity index (χ2n) is 5.05. The van der Waals surface area contributed by atoms with Crippen LogP contribution in [0.15, 0.2) is 16.7 Å². The van der Waals surface area contributed by atoms with Crippen molar-refractivity contribution in [1.29, 1.82) is 0 Å². The predicted octanol–water partition coefficient (Wildman–Crippen LogP) is 2.62. The van der Waals surface area contributed by atoms with Gasteiger partial charge in [-0.25, -0.2) is 0 Å². The normalized spacial score (nSPS) is 21.9. The molecule has 1 aliphatic heterocycles. The average molecular weight is 236 g/mol. The lowest BCUT2D eigenvalue weighted by Gasteiger charge is -2.31. The molecule has 2 heterocycles. The first-order valence-electron chi connectivity index (χ1n) is 6.75. The summed E-state index contributed by atoms with van der Waals surface area (Å²) in [4.78, 5) is 2.54. The number of hydrogen-bond acceptors (Lipinski definition) is 3. The first kappa shape index (κ1) is 12.7. The number of furan rings is 1. The Balaban J connectivity index is 1.93. The highest BCUT2D eigenvalue weighted by molar-refractivity contribution is 5.16. The molecule has 1 N–H and O–H groups in total. The monoisotopic (exact) mass is 236 g/mol. The number of nitrogens with one attached hydrogen (secondary N) is 1. The van der Waals surface area contributed by atoms with Gasteiger partial charge >= 0.3 is 0 Å². The fourth-order valence-corrected chi connectivity index (χ4v) is 2.68. The highest BCUT2D eigenvalue weighted by Crippen LogP contribution is 2.22. The number of likely N-dealkylation sites (tertiary alicyclic amines) is 1. The molecule has 0 saturated carbocycles. The van der Waals surface area contributed by atoms with Gasteiger partial charge < -0.3 is 9.73 Å². The smallest absolute Gasteiger partial charge is 0.122 e. The zero-order chi connectivity index (χ0) is 12.1. The van der Waals surface area contributed by atoms with Crippen molar-refractivity contribution < 1.29 is 4.42 Å². The number of rotatable bonds is 5. The van der Waals surface area contributed by atoms with Gasteiger partial charge in [-0.2, -0.15) is 0 Å². The van der Waals surface area contributed by atoms with E-state index in [1.54, 1.807) is 0 Å². The van der Waals surface area contributed by atoms with Gasteiger partial charge in [-0.3, -0.25) is 4.90 Å². The van der Waals surface area contributed by atoms with Crippen molar-refractivity contribution in [3.8, 4) is 0 Å². The lowest BCUT2D eigenvalue weighted by Crippen LogP contribution is -2.34. The first-order valence-corrected chi connectivity index (χ1v) is 6.75. The Hall–Kier alpha value is -0.800. The molecule has 0 spiro atoms. The number of hydrogen-bond donors (Lipinski definition) is 1. The van der Waals surface area contributed by atoms with Crippen LogP contribution in [0.5, 0.6) is 0 Å². The van der Waals surface area contributed by atoms with Crippen LogP contribution < -0.4 is 5.32 Å². The van der Waals surface area contributed by atoms with Crippen molar-refractivity contribution in [3.05, 3.63) is 23.7 Å². The molecule has 2 rings (SSSR count). The van der Waals surface area contributed by atoms with Gasteiger partial charge in [-0.15, -0.1) is 0 Å². The summed E-state index contributed by atoms with van der Waals surface area (Å²) < 4.78 is 5.61. The van der Waals surface area contributed by atoms with E-state index in [1.165, 1.54) is 37.9 Å². The van der Waals surface area contributed by atoms with Crippen LogP contribution in [-0.2, 0) is 13.1 Å². The van der Waals surface area contributed by atoms with Crippen molar-refractivity contribution in [1.82, 2.24) is 10.2 Å². The minimum Gasteiger partial charge on any atom is -0.468 e. The Labute approximate surface area is 104 Å². The summed E-state index contributed by atoms with van der Waals surface area (Å²) in [6.07, 6.45) is 5.84. The van der Waals surface area contributed by atoms with E-state index in [9.17, 15) is 0 Å². The summed E-state index contributed by atoms with van der Waals surface area (Å²) in [6, 6.07) is 2.08. The Bertz CT molecular complexity index is 335. The van der Waals surface area contributed by atoms with E-state index in [-0.39, 0.29) is 0 Å². The fraction of sp³-hybridized carbons (Fsp3) is 0.714. The lowest BCUT2D eigenvalue weighted by atomic mass is 9.95. The summed E-state index contributed by atoms with van der Waals surface area (Å²) in [5.74, 6) is 2.02. The van der Waals surface area contributed by atoms with Crippen LogP contribution in [0.2, 0.25) is 0 Å². The predicted molar refractivity (Wildman–Crippen MR) is 69.8 cm³/mol. The Morgan fingerprint density at radius 2 is 2.41 bits per heavy atom. The van der Waals surface area contributed by atoms with Crippen LogP contribution in [-0.4, -0.2) is 25.0 Å². The zero-order valence-electron chi connectivity index (χ0n) is 11.0. The molecule has 3 heteroatoms. The van der Waals surface area contributed by atoms with E-state index in [4.69, 9.17) is 4.42 Å². The molecular formula is C14H24N2O. The third kappa shape index (κ3) is 3.33. The summed E-state index contributed by atoms with van der Waals surface area (Å²) in [5, 5.41) is 3.19. The van der Waals surface area contributed by atoms with Crippen LogP contribution in [0.4, 0.5) is 0 Å². The molecule has 17 heavy (non-hydrogen) atoms. The maximum Gasteiger partial charge on any atom is 0.122 e. The molecule has 1 aromatic rings. The summed E-state index contributed by atoms with van der Waals surface area (Å²) >= 11 is 0. The SMILES string of the molecule is CCC1CCCN(Cc2occc2CNC)C1. The molecule has 0 aliphatic carbocycles. The number of piperidine rings is 1. The largest absolute Gasteiger partial charge is 0.468 e. The van der Waals surface area contributed by atoms with Crippen LogP contribution in [0.25, 0.3) is 0 Å². The van der Waals surface area contributed by atoms with E-state index in [0.29, 0.717) is 0 Å². The molecule has 1 atom stereocenters. The molecule has 0 aromatic carbocycles. The van der Waals surface area contributed by atoms with E-state index < -0.39 is 0 Å².